The van der Waals surface area contributed by atoms with Crippen molar-refractivity contribution in [3.05, 3.63) is 23.7 Å². The largest absolute Gasteiger partial charge is 0.456 e. The predicted molar refractivity (Wildman–Crippen MR) is 70.6 cm³/mol. The molecular weight excluding hydrogens is 228 g/mol. The smallest absolute Gasteiger partial charge is 0.287 e. The Bertz CT molecular complexity index is 400. The summed E-state index contributed by atoms with van der Waals surface area (Å²) in [4.78, 5) is 14.2. The van der Waals surface area contributed by atoms with E-state index in [2.05, 4.69) is 17.1 Å². The maximum absolute atomic E-state index is 11.7. The average molecular weight is 250 g/mol. The van der Waals surface area contributed by atoms with Gasteiger partial charge in [0.25, 0.3) is 5.91 Å². The van der Waals surface area contributed by atoms with Crippen molar-refractivity contribution in [3.8, 4) is 0 Å². The number of nitrogens with one attached hydrogen (secondary N) is 1. The van der Waals surface area contributed by atoms with Crippen molar-refractivity contribution < 1.29 is 9.21 Å². The van der Waals surface area contributed by atoms with Crippen LogP contribution in [0, 0.1) is 12.8 Å². The molecule has 0 bridgehead atoms. The Morgan fingerprint density at radius 1 is 1.56 bits per heavy atom. The molecule has 4 heteroatoms. The van der Waals surface area contributed by atoms with Gasteiger partial charge in [0.2, 0.25) is 0 Å². The maximum atomic E-state index is 11.7. The number of furan rings is 1. The number of carbonyl (C=O) groups excluding carboxylic acids is 1. The van der Waals surface area contributed by atoms with E-state index >= 15 is 0 Å². The predicted octanol–water partition coefficient (Wildman–Crippen LogP) is 2.05. The summed E-state index contributed by atoms with van der Waals surface area (Å²) in [5.74, 6) is 1.83. The van der Waals surface area contributed by atoms with Gasteiger partial charge in [-0.3, -0.25) is 4.79 Å². The fraction of sp³-hybridized carbons (Fsp3) is 0.643. The highest BCUT2D eigenvalue weighted by atomic mass is 16.3. The lowest BCUT2D eigenvalue weighted by molar-refractivity contribution is 0.0915. The fourth-order valence-electron chi connectivity index (χ4n) is 2.46. The van der Waals surface area contributed by atoms with Crippen LogP contribution in [0.15, 0.2) is 16.5 Å². The Balaban J connectivity index is 1.70. The van der Waals surface area contributed by atoms with E-state index in [1.807, 2.05) is 6.92 Å². The van der Waals surface area contributed by atoms with Crippen LogP contribution in [-0.4, -0.2) is 37.0 Å². The van der Waals surface area contributed by atoms with Gasteiger partial charge in [-0.15, -0.1) is 0 Å². The van der Waals surface area contributed by atoms with Crippen LogP contribution in [0.5, 0.6) is 0 Å². The van der Waals surface area contributed by atoms with Crippen molar-refractivity contribution in [3.63, 3.8) is 0 Å². The van der Waals surface area contributed by atoms with Gasteiger partial charge in [-0.1, -0.05) is 6.92 Å². The summed E-state index contributed by atoms with van der Waals surface area (Å²) in [5, 5.41) is 2.90. The zero-order valence-electron chi connectivity index (χ0n) is 11.2. The highest BCUT2D eigenvalue weighted by molar-refractivity contribution is 5.91. The normalized spacial score (nSPS) is 20.9. The second-order valence-electron chi connectivity index (χ2n) is 5.21. The van der Waals surface area contributed by atoms with Gasteiger partial charge >= 0.3 is 0 Å². The summed E-state index contributed by atoms with van der Waals surface area (Å²) in [7, 11) is 0. The molecule has 4 nitrogen and oxygen atoms in total. The maximum Gasteiger partial charge on any atom is 0.287 e. The first-order chi connectivity index (χ1) is 8.65. The van der Waals surface area contributed by atoms with Gasteiger partial charge in [-0.25, -0.2) is 0 Å². The van der Waals surface area contributed by atoms with E-state index in [9.17, 15) is 4.79 Å². The van der Waals surface area contributed by atoms with Crippen molar-refractivity contribution in [1.29, 1.82) is 0 Å². The molecule has 18 heavy (non-hydrogen) atoms. The van der Waals surface area contributed by atoms with Crippen LogP contribution in [0.3, 0.4) is 0 Å². The molecule has 1 fully saturated rings. The molecule has 1 aromatic rings. The Morgan fingerprint density at radius 2 is 2.39 bits per heavy atom. The number of piperidine rings is 1. The van der Waals surface area contributed by atoms with E-state index in [1.54, 1.807) is 12.1 Å². The molecule has 1 atom stereocenters. The van der Waals surface area contributed by atoms with E-state index in [0.29, 0.717) is 12.3 Å². The van der Waals surface area contributed by atoms with E-state index in [1.165, 1.54) is 12.8 Å². The molecule has 0 radical (unpaired) electrons. The Kier molecular flexibility index (Phi) is 4.42. The third kappa shape index (κ3) is 3.60. The molecular formula is C14H22N2O2. The molecule has 100 valence electrons. The molecule has 0 saturated carbocycles. The number of hydrogen-bond donors (Lipinski definition) is 1. The van der Waals surface area contributed by atoms with Gasteiger partial charge in [0.15, 0.2) is 5.76 Å². The first-order valence-electron chi connectivity index (χ1n) is 6.72. The first kappa shape index (κ1) is 13.1. The number of likely N-dealkylation sites (tertiary alicyclic amines) is 1. The standard InChI is InChI=1S/C14H22N2O2/c1-11-4-3-8-16(10-11)9-7-15-14(17)13-6-5-12(2)18-13/h5-6,11H,3-4,7-10H2,1-2H3,(H,15,17). The molecule has 2 rings (SSSR count). The van der Waals surface area contributed by atoms with Gasteiger partial charge in [-0.2, -0.15) is 0 Å². The molecule has 0 aliphatic carbocycles. The number of rotatable bonds is 4. The van der Waals surface area contributed by atoms with E-state index in [4.69, 9.17) is 4.42 Å². The minimum atomic E-state index is -0.117. The number of amides is 1. The molecule has 1 aliphatic heterocycles. The zero-order valence-corrected chi connectivity index (χ0v) is 11.2. The summed E-state index contributed by atoms with van der Waals surface area (Å²) in [5.41, 5.74) is 0. The number of hydrogen-bond acceptors (Lipinski definition) is 3. The van der Waals surface area contributed by atoms with Crippen molar-refractivity contribution in [2.45, 2.75) is 26.7 Å². The molecule has 2 heterocycles. The van der Waals surface area contributed by atoms with Gasteiger partial charge < -0.3 is 14.6 Å². The SMILES string of the molecule is Cc1ccc(C(=O)NCCN2CCCC(C)C2)o1. The Hall–Kier alpha value is -1.29. The lowest BCUT2D eigenvalue weighted by Gasteiger charge is -2.30. The molecule has 1 aliphatic rings. The third-order valence-electron chi connectivity index (χ3n) is 3.42. The van der Waals surface area contributed by atoms with E-state index < -0.39 is 0 Å². The van der Waals surface area contributed by atoms with Crippen LogP contribution in [0.4, 0.5) is 0 Å². The number of aryl methyl sites for hydroxylation is 1. The van der Waals surface area contributed by atoms with Gasteiger partial charge in [0.05, 0.1) is 0 Å². The van der Waals surface area contributed by atoms with Crippen LogP contribution in [0.2, 0.25) is 0 Å². The molecule has 0 spiro atoms. The second kappa shape index (κ2) is 6.05. The summed E-state index contributed by atoms with van der Waals surface area (Å²) in [6, 6.07) is 3.52. The quantitative estimate of drug-likeness (QED) is 0.889. The lowest BCUT2D eigenvalue weighted by Crippen LogP contribution is -2.40. The molecule has 1 aromatic heterocycles. The van der Waals surface area contributed by atoms with Gasteiger partial charge in [0, 0.05) is 19.6 Å². The van der Waals surface area contributed by atoms with Crippen molar-refractivity contribution in [2.75, 3.05) is 26.2 Å². The van der Waals surface area contributed by atoms with Crippen LogP contribution in [-0.2, 0) is 0 Å². The molecule has 1 unspecified atom stereocenters. The van der Waals surface area contributed by atoms with Crippen molar-refractivity contribution >= 4 is 5.91 Å². The summed E-state index contributed by atoms with van der Waals surface area (Å²) < 4.78 is 5.28. The summed E-state index contributed by atoms with van der Waals surface area (Å²) >= 11 is 0. The first-order valence-corrected chi connectivity index (χ1v) is 6.72. The average Bonchev–Trinajstić information content (AvgIpc) is 2.76. The van der Waals surface area contributed by atoms with Crippen LogP contribution in [0.1, 0.15) is 36.1 Å². The summed E-state index contributed by atoms with van der Waals surface area (Å²) in [6.07, 6.45) is 2.60. The molecule has 1 amide bonds. The number of carbonyl (C=O) groups is 1. The fourth-order valence-corrected chi connectivity index (χ4v) is 2.46. The van der Waals surface area contributed by atoms with Crippen molar-refractivity contribution in [2.24, 2.45) is 5.92 Å². The second-order valence-corrected chi connectivity index (χ2v) is 5.21. The van der Waals surface area contributed by atoms with Gasteiger partial charge in [0.1, 0.15) is 5.76 Å². The highest BCUT2D eigenvalue weighted by Crippen LogP contribution is 2.14. The topological polar surface area (TPSA) is 45.5 Å². The van der Waals surface area contributed by atoms with Gasteiger partial charge in [-0.05, 0) is 44.4 Å². The van der Waals surface area contributed by atoms with Crippen LogP contribution >= 0.6 is 0 Å². The van der Waals surface area contributed by atoms with E-state index in [0.717, 1.165) is 31.3 Å². The van der Waals surface area contributed by atoms with E-state index in [-0.39, 0.29) is 5.91 Å². The van der Waals surface area contributed by atoms with Crippen molar-refractivity contribution in [1.82, 2.24) is 10.2 Å². The minimum absolute atomic E-state index is 0.117. The van der Waals surface area contributed by atoms with Crippen LogP contribution < -0.4 is 5.32 Å². The van der Waals surface area contributed by atoms with Crippen LogP contribution in [0.25, 0.3) is 0 Å². The number of nitrogens with zero attached hydrogens (tertiary/aromatic N) is 1. The zero-order chi connectivity index (χ0) is 13.0. The Morgan fingerprint density at radius 3 is 3.06 bits per heavy atom. The highest BCUT2D eigenvalue weighted by Gasteiger charge is 2.16. The third-order valence-corrected chi connectivity index (χ3v) is 3.42. The minimum Gasteiger partial charge on any atom is -0.456 e. The Labute approximate surface area is 108 Å². The monoisotopic (exact) mass is 250 g/mol. The molecule has 0 aromatic carbocycles. The molecule has 1 N–H and O–H groups in total. The molecule has 1 saturated heterocycles. The summed E-state index contributed by atoms with van der Waals surface area (Å²) in [6.45, 7) is 8.04. The lowest BCUT2D eigenvalue weighted by atomic mass is 10.0.